The number of anilines is 3. The van der Waals surface area contributed by atoms with Crippen molar-refractivity contribution in [2.75, 3.05) is 4.90 Å². The number of rotatable bonds is 1. The minimum Gasteiger partial charge on any atom is -0.456 e. The minimum absolute atomic E-state index is 0.552. The molecule has 0 radical (unpaired) electrons. The Balaban J connectivity index is 1.12. The largest absolute Gasteiger partial charge is 0.456 e. The molecule has 4 aliphatic rings. The highest BCUT2D eigenvalue weighted by Crippen LogP contribution is 2.64. The molecule has 60 heavy (non-hydrogen) atoms. The minimum atomic E-state index is -2.68. The van der Waals surface area contributed by atoms with Crippen molar-refractivity contribution in [1.29, 1.82) is 0 Å². The molecule has 4 heterocycles. The van der Waals surface area contributed by atoms with E-state index < -0.39 is 13.5 Å². The second-order valence-corrected chi connectivity index (χ2v) is 20.9. The second kappa shape index (κ2) is 11.3. The first kappa shape index (κ1) is 32.7. The number of para-hydroxylation sites is 2. The van der Waals surface area contributed by atoms with E-state index in [4.69, 9.17) is 4.42 Å². The van der Waals surface area contributed by atoms with Gasteiger partial charge in [-0.1, -0.05) is 163 Å². The molecule has 0 amide bonds. The van der Waals surface area contributed by atoms with E-state index in [1.165, 1.54) is 98.9 Å². The summed E-state index contributed by atoms with van der Waals surface area (Å²) in [6, 6.07) is 71.8. The summed E-state index contributed by atoms with van der Waals surface area (Å²) in [5, 5.41) is 8.22. The highest BCUT2D eigenvalue weighted by atomic mass is 28.3. The van der Waals surface area contributed by atoms with Crippen molar-refractivity contribution in [2.24, 2.45) is 0 Å². The Hall–Kier alpha value is -7.20. The monoisotopic (exact) mass is 779 g/mol. The molecule has 1 aromatic heterocycles. The highest BCUT2D eigenvalue weighted by Gasteiger charge is 2.55. The number of fused-ring (bicyclic) bond motifs is 22. The van der Waals surface area contributed by atoms with Crippen molar-refractivity contribution in [2.45, 2.75) is 19.3 Å². The Bertz CT molecular complexity index is 3440. The van der Waals surface area contributed by atoms with Gasteiger partial charge in [-0.25, -0.2) is 0 Å². The first-order valence-corrected chi connectivity index (χ1v) is 23.1. The summed E-state index contributed by atoms with van der Waals surface area (Å²) in [6.07, 6.45) is 0. The average Bonchev–Trinajstić information content (AvgIpc) is 3.98. The number of furan rings is 1. The van der Waals surface area contributed by atoms with Crippen molar-refractivity contribution >= 4 is 67.8 Å². The maximum atomic E-state index is 6.77. The number of hydrogen-bond acceptors (Lipinski definition) is 2. The van der Waals surface area contributed by atoms with Gasteiger partial charge in [-0.15, -0.1) is 0 Å². The van der Waals surface area contributed by atoms with E-state index >= 15 is 0 Å². The molecule has 2 nitrogen and oxygen atoms in total. The number of aryl methyl sites for hydroxylation is 2. The van der Waals surface area contributed by atoms with Gasteiger partial charge in [0.25, 0.3) is 0 Å². The molecule has 0 bridgehead atoms. The van der Waals surface area contributed by atoms with Gasteiger partial charge in [0.15, 0.2) is 8.07 Å². The van der Waals surface area contributed by atoms with Gasteiger partial charge in [-0.2, -0.15) is 0 Å². The molecule has 0 fully saturated rings. The van der Waals surface area contributed by atoms with Gasteiger partial charge in [0.2, 0.25) is 0 Å². The van der Waals surface area contributed by atoms with Crippen molar-refractivity contribution in [3.8, 4) is 33.4 Å². The van der Waals surface area contributed by atoms with E-state index in [1.54, 1.807) is 0 Å². The van der Waals surface area contributed by atoms with Gasteiger partial charge in [0.1, 0.15) is 11.2 Å². The summed E-state index contributed by atoms with van der Waals surface area (Å²) in [5.74, 6) is 0. The Morgan fingerprint density at radius 2 is 0.933 bits per heavy atom. The van der Waals surface area contributed by atoms with Crippen molar-refractivity contribution in [1.82, 2.24) is 0 Å². The fraction of sp³-hybridized carbons (Fsp3) is 0.0526. The Kier molecular flexibility index (Phi) is 6.16. The summed E-state index contributed by atoms with van der Waals surface area (Å²) in [7, 11) is -2.68. The van der Waals surface area contributed by atoms with Gasteiger partial charge in [-0.3, -0.25) is 0 Å². The first-order valence-electron chi connectivity index (χ1n) is 21.1. The molecule has 9 aromatic carbocycles. The SMILES string of the molecule is Cc1ccc2c(c1)C1(c3cc(C)ccc3-2)c2ccccc2N(c2ccc3c(c2)[Si]2(c4ccccc4-c4ccccc42)c2ccccc2-3)c2cc3oc4ccccc4c3cc21. The van der Waals surface area contributed by atoms with Crippen LogP contribution in [0.4, 0.5) is 17.1 Å². The smallest absolute Gasteiger partial charge is 0.182 e. The summed E-state index contributed by atoms with van der Waals surface area (Å²) in [6.45, 7) is 4.47. The third-order valence-electron chi connectivity index (χ3n) is 14.4. The van der Waals surface area contributed by atoms with Crippen LogP contribution in [0.3, 0.4) is 0 Å². The lowest BCUT2D eigenvalue weighted by atomic mass is 9.64. The van der Waals surface area contributed by atoms with E-state index in [-0.39, 0.29) is 0 Å². The van der Waals surface area contributed by atoms with Gasteiger partial charge >= 0.3 is 0 Å². The van der Waals surface area contributed by atoms with Crippen molar-refractivity contribution in [3.05, 3.63) is 221 Å². The molecule has 3 aliphatic heterocycles. The zero-order valence-electron chi connectivity index (χ0n) is 33.3. The Morgan fingerprint density at radius 3 is 1.60 bits per heavy atom. The van der Waals surface area contributed by atoms with Crippen LogP contribution < -0.4 is 25.6 Å². The number of nitrogens with zero attached hydrogens (tertiary/aromatic N) is 1. The lowest BCUT2D eigenvalue weighted by Gasteiger charge is -2.45. The molecule has 280 valence electrons. The number of benzene rings is 9. The zero-order chi connectivity index (χ0) is 39.5. The fourth-order valence-corrected chi connectivity index (χ4v) is 17.8. The Labute approximate surface area is 349 Å². The van der Waals surface area contributed by atoms with Crippen LogP contribution in [0.15, 0.2) is 192 Å². The molecule has 10 aromatic rings. The summed E-state index contributed by atoms with van der Waals surface area (Å²) >= 11 is 0. The van der Waals surface area contributed by atoms with E-state index in [1.807, 2.05) is 0 Å². The highest BCUT2D eigenvalue weighted by molar-refractivity contribution is 7.24. The Morgan fingerprint density at radius 1 is 0.383 bits per heavy atom. The van der Waals surface area contributed by atoms with Crippen LogP contribution in [0.5, 0.6) is 0 Å². The van der Waals surface area contributed by atoms with E-state index in [2.05, 4.69) is 207 Å². The topological polar surface area (TPSA) is 16.4 Å². The fourth-order valence-electron chi connectivity index (χ4n) is 12.1. The molecule has 0 unspecified atom stereocenters. The molecule has 0 saturated heterocycles. The quantitative estimate of drug-likeness (QED) is 0.154. The van der Waals surface area contributed by atoms with E-state index in [0.717, 1.165) is 27.6 Å². The molecular weight excluding hydrogens is 743 g/mol. The van der Waals surface area contributed by atoms with Crippen molar-refractivity contribution in [3.63, 3.8) is 0 Å². The van der Waals surface area contributed by atoms with Crippen LogP contribution in [0.2, 0.25) is 0 Å². The zero-order valence-corrected chi connectivity index (χ0v) is 34.3. The van der Waals surface area contributed by atoms with Crippen LogP contribution in [0.25, 0.3) is 55.3 Å². The van der Waals surface area contributed by atoms with Gasteiger partial charge in [0, 0.05) is 22.5 Å². The van der Waals surface area contributed by atoms with Gasteiger partial charge < -0.3 is 9.32 Å². The molecule has 0 N–H and O–H groups in total. The summed E-state index contributed by atoms with van der Waals surface area (Å²) < 4.78 is 6.77. The second-order valence-electron chi connectivity index (χ2n) is 17.3. The molecule has 0 saturated carbocycles. The molecule has 3 heteroatoms. The average molecular weight is 780 g/mol. The predicted molar refractivity (Wildman–Crippen MR) is 250 cm³/mol. The van der Waals surface area contributed by atoms with Gasteiger partial charge in [-0.05, 0) is 121 Å². The van der Waals surface area contributed by atoms with Crippen LogP contribution in [0.1, 0.15) is 33.4 Å². The third kappa shape index (κ3) is 3.77. The van der Waals surface area contributed by atoms with Crippen LogP contribution in [-0.2, 0) is 5.41 Å². The lowest BCUT2D eigenvalue weighted by Crippen LogP contribution is -2.70. The van der Waals surface area contributed by atoms with E-state index in [9.17, 15) is 0 Å². The standard InChI is InChI=1S/C57H37NOSi/c1-34-23-26-37-38-27-24-35(2)30-47(38)57(46(37)29-34)45-17-7-8-18-49(45)58(50-33-52-44(32-48(50)57)39-13-3-9-19-51(39)59-52)36-25-28-43-42-16-6-12-22-55(42)60(56(43)31-36)53-20-10-4-14-40(53)41-15-5-11-21-54(41)60/h3-33H,1-2H3. The summed E-state index contributed by atoms with van der Waals surface area (Å²) in [5.41, 5.74) is 20.7. The third-order valence-corrected chi connectivity index (χ3v) is 19.3. The molecule has 14 rings (SSSR count). The van der Waals surface area contributed by atoms with E-state index in [0.29, 0.717) is 0 Å². The number of hydrogen-bond donors (Lipinski definition) is 0. The first-order chi connectivity index (χ1) is 29.6. The summed E-state index contributed by atoms with van der Waals surface area (Å²) in [4.78, 5) is 2.56. The lowest BCUT2D eigenvalue weighted by molar-refractivity contribution is 0.667. The van der Waals surface area contributed by atoms with Gasteiger partial charge in [0.05, 0.1) is 16.8 Å². The van der Waals surface area contributed by atoms with Crippen LogP contribution in [-0.4, -0.2) is 8.07 Å². The van der Waals surface area contributed by atoms with Crippen LogP contribution in [0, 0.1) is 13.8 Å². The maximum absolute atomic E-state index is 6.77. The molecule has 1 aliphatic carbocycles. The normalized spacial score (nSPS) is 15.1. The van der Waals surface area contributed by atoms with Crippen molar-refractivity contribution < 1.29 is 4.42 Å². The maximum Gasteiger partial charge on any atom is 0.182 e. The molecular formula is C57H37NOSi. The van der Waals surface area contributed by atoms with Crippen LogP contribution >= 0.6 is 0 Å². The molecule has 0 atom stereocenters. The molecule has 2 spiro atoms. The predicted octanol–water partition coefficient (Wildman–Crippen LogP) is 11.7.